The van der Waals surface area contributed by atoms with E-state index < -0.39 is 11.7 Å². The van der Waals surface area contributed by atoms with Gasteiger partial charge in [0.1, 0.15) is 0 Å². The van der Waals surface area contributed by atoms with Crippen LogP contribution in [0.1, 0.15) is 0 Å². The van der Waals surface area contributed by atoms with Crippen LogP contribution in [0.15, 0.2) is 29.5 Å². The van der Waals surface area contributed by atoms with Crippen molar-refractivity contribution in [3.05, 3.63) is 36.0 Å². The minimum atomic E-state index is -4.23. The zero-order chi connectivity index (χ0) is 7.61. The molecule has 0 atom stereocenters. The Labute approximate surface area is 84.6 Å². The van der Waals surface area contributed by atoms with Crippen molar-refractivity contribution < 1.29 is 42.1 Å². The first kappa shape index (κ1) is 14.4. The van der Waals surface area contributed by atoms with Crippen molar-refractivity contribution in [3.63, 3.8) is 0 Å². The smallest absolute Gasteiger partial charge is 0.413 e. The minimum absolute atomic E-state index is 0. The van der Waals surface area contributed by atoms with Gasteiger partial charge in [-0.1, -0.05) is 0 Å². The van der Waals surface area contributed by atoms with Crippen LogP contribution < -0.4 is 12.4 Å². The van der Waals surface area contributed by atoms with E-state index >= 15 is 0 Å². The molecule has 0 fully saturated rings. The predicted octanol–water partition coefficient (Wildman–Crippen LogP) is -0.594. The van der Waals surface area contributed by atoms with E-state index in [-0.39, 0.29) is 28.9 Å². The molecule has 0 bridgehead atoms. The monoisotopic (exact) mass is 238 g/mol. The number of hydrogen-bond acceptors (Lipinski definition) is 0. The van der Waals surface area contributed by atoms with E-state index in [1.807, 2.05) is 0 Å². The maximum absolute atomic E-state index is 11.8. The Hall–Kier alpha value is -0.166. The Morgan fingerprint density at radius 3 is 2.00 bits per heavy atom. The third-order valence-corrected chi connectivity index (χ3v) is 1.05. The van der Waals surface area contributed by atoms with Crippen LogP contribution in [0.5, 0.6) is 0 Å². The second-order valence-corrected chi connectivity index (χ2v) is 1.79. The van der Waals surface area contributed by atoms with Crippen molar-refractivity contribution in [3.8, 4) is 0 Å². The molecule has 1 radical (unpaired) electrons. The van der Waals surface area contributed by atoms with Crippen LogP contribution in [0.3, 0.4) is 0 Å². The molecule has 0 saturated heterocycles. The molecule has 1 aliphatic carbocycles. The summed E-state index contributed by atoms with van der Waals surface area (Å²) in [6.07, 6.45) is 0.223. The van der Waals surface area contributed by atoms with Gasteiger partial charge in [-0.25, -0.2) is 0 Å². The Morgan fingerprint density at radius 2 is 1.75 bits per heavy atom. The van der Waals surface area contributed by atoms with E-state index in [2.05, 4.69) is 5.73 Å². The summed E-state index contributed by atoms with van der Waals surface area (Å²) >= 11 is 0. The van der Waals surface area contributed by atoms with Crippen LogP contribution >= 0.6 is 0 Å². The van der Waals surface area contributed by atoms with Crippen LogP contribution in [0.4, 0.5) is 13.2 Å². The summed E-state index contributed by atoms with van der Waals surface area (Å²) in [6, 6.07) is 0. The van der Waals surface area contributed by atoms with Gasteiger partial charge in [0.2, 0.25) is 0 Å². The summed E-state index contributed by atoms with van der Waals surface area (Å²) in [5, 5.41) is 0. The molecular formula is C7H4ClF3Ni-. The first-order valence-electron chi connectivity index (χ1n) is 2.64. The van der Waals surface area contributed by atoms with Gasteiger partial charge >= 0.3 is 6.18 Å². The molecule has 0 aromatic rings. The molecule has 71 valence electrons. The van der Waals surface area contributed by atoms with Crippen LogP contribution in [-0.4, -0.2) is 6.18 Å². The molecule has 12 heavy (non-hydrogen) atoms. The van der Waals surface area contributed by atoms with Gasteiger partial charge in [0, 0.05) is 28.5 Å². The molecule has 0 aromatic carbocycles. The summed E-state index contributed by atoms with van der Waals surface area (Å²) < 4.78 is 35.3. The largest absolute Gasteiger partial charge is 1.00 e. The van der Waals surface area contributed by atoms with Gasteiger partial charge in [-0.05, 0) is 18.2 Å². The number of allylic oxidation sites excluding steroid dienone is 3. The van der Waals surface area contributed by atoms with Gasteiger partial charge < -0.3 is 12.4 Å². The van der Waals surface area contributed by atoms with Gasteiger partial charge in [-0.15, -0.1) is 5.73 Å². The summed E-state index contributed by atoms with van der Waals surface area (Å²) in [5.74, 6) is 0. The normalized spacial score (nSPS) is 14.4. The van der Waals surface area contributed by atoms with Crippen molar-refractivity contribution in [2.45, 2.75) is 6.18 Å². The fourth-order valence-electron chi connectivity index (χ4n) is 0.576. The van der Waals surface area contributed by atoms with Gasteiger partial charge in [-0.2, -0.15) is 13.2 Å². The molecule has 1 aliphatic rings. The molecule has 0 aliphatic heterocycles. The topological polar surface area (TPSA) is 0 Å². The van der Waals surface area contributed by atoms with E-state index in [1.54, 1.807) is 0 Å². The molecule has 0 heterocycles. The maximum atomic E-state index is 11.8. The van der Waals surface area contributed by atoms with Gasteiger partial charge in [-0.3, -0.25) is 0 Å². The summed E-state index contributed by atoms with van der Waals surface area (Å²) in [4.78, 5) is 0. The van der Waals surface area contributed by atoms with Crippen LogP contribution in [0.25, 0.3) is 0 Å². The first-order valence-corrected chi connectivity index (χ1v) is 2.64. The minimum Gasteiger partial charge on any atom is -1.00 e. The molecule has 0 aromatic heterocycles. The van der Waals surface area contributed by atoms with Gasteiger partial charge in [0.25, 0.3) is 0 Å². The van der Waals surface area contributed by atoms with E-state index in [4.69, 9.17) is 0 Å². The van der Waals surface area contributed by atoms with Crippen LogP contribution in [0, 0.1) is 6.42 Å². The molecule has 0 amide bonds. The van der Waals surface area contributed by atoms with E-state index in [0.717, 1.165) is 12.5 Å². The number of hydrogen-bond donors (Lipinski definition) is 0. The molecule has 0 spiro atoms. The summed E-state index contributed by atoms with van der Waals surface area (Å²) in [7, 11) is 0. The standard InChI is InChI=1S/C7H4F3.ClH.Ni/c8-7(9,10)6-4-2-1-3-5-6;;/h2-5H;1H;/p-1. The second-order valence-electron chi connectivity index (χ2n) is 1.79. The number of alkyl halides is 3. The van der Waals surface area contributed by atoms with Gasteiger partial charge in [0.15, 0.2) is 0 Å². The zero-order valence-electron chi connectivity index (χ0n) is 5.64. The second kappa shape index (κ2) is 5.47. The third-order valence-electron chi connectivity index (χ3n) is 1.05. The van der Waals surface area contributed by atoms with Crippen molar-refractivity contribution in [2.75, 3.05) is 0 Å². The Kier molecular flexibility index (Phi) is 6.55. The molecule has 0 unspecified atom stereocenters. The Bertz CT molecular complexity index is 223. The van der Waals surface area contributed by atoms with E-state index in [1.165, 1.54) is 12.2 Å². The molecule has 1 rings (SSSR count). The van der Waals surface area contributed by atoms with E-state index in [0.29, 0.717) is 0 Å². The van der Waals surface area contributed by atoms with Crippen molar-refractivity contribution in [1.82, 2.24) is 0 Å². The van der Waals surface area contributed by atoms with Gasteiger partial charge in [0.05, 0.1) is 0 Å². The molecule has 0 nitrogen and oxygen atoms in total. The zero-order valence-corrected chi connectivity index (χ0v) is 7.38. The third kappa shape index (κ3) is 4.01. The SMILES string of the molecule is FC(F)(F)C1=CC=C=C[CH]1.[Cl-].[Ni]. The van der Waals surface area contributed by atoms with Crippen LogP contribution in [0.2, 0.25) is 0 Å². The van der Waals surface area contributed by atoms with E-state index in [9.17, 15) is 13.2 Å². The average Bonchev–Trinajstić information content (AvgIpc) is 1.88. The first-order chi connectivity index (χ1) is 4.61. The fourth-order valence-corrected chi connectivity index (χ4v) is 0.576. The van der Waals surface area contributed by atoms with Crippen LogP contribution in [-0.2, 0) is 16.5 Å². The average molecular weight is 239 g/mol. The molecule has 0 saturated carbocycles. The summed E-state index contributed by atoms with van der Waals surface area (Å²) in [5.41, 5.74) is 1.87. The maximum Gasteiger partial charge on any atom is 0.413 e. The molecule has 0 N–H and O–H groups in total. The number of halogens is 4. The van der Waals surface area contributed by atoms with Crippen molar-refractivity contribution in [2.24, 2.45) is 0 Å². The number of rotatable bonds is 0. The predicted molar refractivity (Wildman–Crippen MR) is 31.1 cm³/mol. The summed E-state index contributed by atoms with van der Waals surface area (Å²) in [6.45, 7) is 0. The molecule has 5 heteroatoms. The van der Waals surface area contributed by atoms with Crippen molar-refractivity contribution >= 4 is 0 Å². The fraction of sp³-hybridized carbons (Fsp3) is 0.143. The van der Waals surface area contributed by atoms with Crippen molar-refractivity contribution in [1.29, 1.82) is 0 Å². The Balaban J connectivity index is 0. The molecular weight excluding hydrogens is 235 g/mol. The Morgan fingerprint density at radius 1 is 1.17 bits per heavy atom. The quantitative estimate of drug-likeness (QED) is 0.391.